The highest BCUT2D eigenvalue weighted by molar-refractivity contribution is 5.50. The van der Waals surface area contributed by atoms with Crippen molar-refractivity contribution < 1.29 is 14.2 Å². The molecule has 164 valence electrons. The topological polar surface area (TPSA) is 88.5 Å². The van der Waals surface area contributed by atoms with E-state index < -0.39 is 5.60 Å². The van der Waals surface area contributed by atoms with Crippen molar-refractivity contribution >= 4 is 0 Å². The minimum absolute atomic E-state index is 0.306. The minimum Gasteiger partial charge on any atom is -0.497 e. The Kier molecular flexibility index (Phi) is 6.61. The molecule has 1 aliphatic heterocycles. The Morgan fingerprint density at radius 1 is 0.812 bits per heavy atom. The van der Waals surface area contributed by atoms with Gasteiger partial charge >= 0.3 is 0 Å². The van der Waals surface area contributed by atoms with Crippen molar-refractivity contribution in [1.82, 2.24) is 5.32 Å². The maximum absolute atomic E-state index is 9.06. The van der Waals surface area contributed by atoms with E-state index in [1.54, 1.807) is 14.2 Å². The number of ether oxygens (including phenoxy) is 3. The van der Waals surface area contributed by atoms with E-state index in [1.165, 1.54) is 0 Å². The second kappa shape index (κ2) is 9.75. The third-order valence-corrected chi connectivity index (χ3v) is 5.83. The summed E-state index contributed by atoms with van der Waals surface area (Å²) in [6.07, 6.45) is -0.310. The monoisotopic (exact) mass is 430 g/mol. The third-order valence-electron chi connectivity index (χ3n) is 5.83. The predicted molar refractivity (Wildman–Crippen MR) is 123 cm³/mol. The van der Waals surface area contributed by atoms with E-state index in [4.69, 9.17) is 19.7 Å². The quantitative estimate of drug-likeness (QED) is 0.244. The lowest BCUT2D eigenvalue weighted by Crippen LogP contribution is -2.40. The van der Waals surface area contributed by atoms with Gasteiger partial charge in [0.05, 0.1) is 26.4 Å². The van der Waals surface area contributed by atoms with Gasteiger partial charge in [0.25, 0.3) is 0 Å². The largest absolute Gasteiger partial charge is 0.497 e. The second-order valence-corrected chi connectivity index (χ2v) is 7.59. The van der Waals surface area contributed by atoms with Crippen molar-refractivity contribution in [3.63, 3.8) is 0 Å². The van der Waals surface area contributed by atoms with E-state index in [-0.39, 0.29) is 12.1 Å². The zero-order valence-electron chi connectivity index (χ0n) is 18.1. The molecule has 0 aromatic heterocycles. The maximum Gasteiger partial charge on any atom is 0.144 e. The molecule has 1 heterocycles. The van der Waals surface area contributed by atoms with Gasteiger partial charge in [0.15, 0.2) is 0 Å². The summed E-state index contributed by atoms with van der Waals surface area (Å²) in [6.45, 7) is 1.16. The molecule has 1 N–H and O–H groups in total. The van der Waals surface area contributed by atoms with Gasteiger partial charge in [-0.2, -0.15) is 0 Å². The van der Waals surface area contributed by atoms with Crippen LogP contribution in [0.1, 0.15) is 16.7 Å². The number of benzene rings is 3. The molecule has 0 amide bonds. The standard InChI is InChI=1S/C25H26N4O3/c1-30-21-12-8-19(9-13-21)25(18-6-4-3-5-7-18,20-10-14-22(31-2)15-11-20)32-24-17-27-16-23(24)28-29-26/h3-15,23-24,27H,16-17H2,1-2H3/t23-,24+/m1/s1. The number of azide groups is 1. The van der Waals surface area contributed by atoms with Crippen LogP contribution in [0.15, 0.2) is 84.0 Å². The van der Waals surface area contributed by atoms with Crippen LogP contribution in [0, 0.1) is 0 Å². The van der Waals surface area contributed by atoms with E-state index in [9.17, 15) is 0 Å². The van der Waals surface area contributed by atoms with Crippen LogP contribution in [0.5, 0.6) is 11.5 Å². The molecule has 1 aliphatic rings. The summed E-state index contributed by atoms with van der Waals surface area (Å²) in [7, 11) is 3.29. The molecule has 0 bridgehead atoms. The Bertz CT molecular complexity index is 1020. The van der Waals surface area contributed by atoms with Crippen molar-refractivity contribution in [2.24, 2.45) is 5.11 Å². The average Bonchev–Trinajstić information content (AvgIpc) is 3.30. The summed E-state index contributed by atoms with van der Waals surface area (Å²) < 4.78 is 17.7. The van der Waals surface area contributed by atoms with Crippen LogP contribution >= 0.6 is 0 Å². The van der Waals surface area contributed by atoms with Gasteiger partial charge in [-0.25, -0.2) is 0 Å². The molecule has 0 aliphatic carbocycles. The smallest absolute Gasteiger partial charge is 0.144 e. The number of methoxy groups -OCH3 is 2. The average molecular weight is 431 g/mol. The molecule has 0 radical (unpaired) electrons. The molecule has 3 aromatic carbocycles. The maximum atomic E-state index is 9.06. The van der Waals surface area contributed by atoms with E-state index >= 15 is 0 Å². The molecule has 7 nitrogen and oxygen atoms in total. The fraction of sp³-hybridized carbons (Fsp3) is 0.280. The van der Waals surface area contributed by atoms with Crippen LogP contribution in [-0.2, 0) is 10.3 Å². The molecular weight excluding hydrogens is 404 g/mol. The first-order chi connectivity index (χ1) is 15.7. The highest BCUT2D eigenvalue weighted by atomic mass is 16.5. The summed E-state index contributed by atoms with van der Waals surface area (Å²) in [5.41, 5.74) is 11.0. The van der Waals surface area contributed by atoms with Crippen LogP contribution < -0.4 is 14.8 Å². The van der Waals surface area contributed by atoms with E-state index in [2.05, 4.69) is 27.5 Å². The highest BCUT2D eigenvalue weighted by Crippen LogP contribution is 2.43. The summed E-state index contributed by atoms with van der Waals surface area (Å²) in [5, 5.41) is 7.27. The first-order valence-electron chi connectivity index (χ1n) is 10.5. The summed E-state index contributed by atoms with van der Waals surface area (Å²) >= 11 is 0. The molecule has 2 atom stereocenters. The van der Waals surface area contributed by atoms with Gasteiger partial charge in [-0.05, 0) is 46.5 Å². The van der Waals surface area contributed by atoms with Crippen LogP contribution in [-0.4, -0.2) is 39.5 Å². The fourth-order valence-corrected chi connectivity index (χ4v) is 4.20. The lowest BCUT2D eigenvalue weighted by molar-refractivity contribution is -0.0436. The van der Waals surface area contributed by atoms with Crippen molar-refractivity contribution in [1.29, 1.82) is 0 Å². The highest BCUT2D eigenvalue weighted by Gasteiger charge is 2.42. The molecule has 0 saturated carbocycles. The van der Waals surface area contributed by atoms with Gasteiger partial charge in [0.1, 0.15) is 17.1 Å². The Balaban J connectivity index is 1.93. The number of rotatable bonds is 8. The first kappa shape index (κ1) is 21.7. The summed E-state index contributed by atoms with van der Waals surface area (Å²) in [6, 6.07) is 25.6. The number of hydrogen-bond donors (Lipinski definition) is 1. The number of nitrogens with zero attached hydrogens (tertiary/aromatic N) is 3. The Morgan fingerprint density at radius 2 is 1.34 bits per heavy atom. The van der Waals surface area contributed by atoms with Crippen LogP contribution in [0.4, 0.5) is 0 Å². The van der Waals surface area contributed by atoms with Crippen molar-refractivity contribution in [2.75, 3.05) is 27.3 Å². The van der Waals surface area contributed by atoms with E-state index in [0.717, 1.165) is 28.2 Å². The van der Waals surface area contributed by atoms with Crippen LogP contribution in [0.25, 0.3) is 10.4 Å². The van der Waals surface area contributed by atoms with E-state index in [0.29, 0.717) is 13.1 Å². The van der Waals surface area contributed by atoms with Gasteiger partial charge in [0.2, 0.25) is 0 Å². The van der Waals surface area contributed by atoms with Gasteiger partial charge in [0, 0.05) is 18.0 Å². The zero-order chi connectivity index (χ0) is 22.4. The van der Waals surface area contributed by atoms with Gasteiger partial charge in [-0.3, -0.25) is 0 Å². The molecule has 4 rings (SSSR count). The van der Waals surface area contributed by atoms with Gasteiger partial charge < -0.3 is 19.5 Å². The van der Waals surface area contributed by atoms with Crippen molar-refractivity contribution in [3.05, 3.63) is 106 Å². The summed E-state index contributed by atoms with van der Waals surface area (Å²) in [5.74, 6) is 1.53. The van der Waals surface area contributed by atoms with Gasteiger partial charge in [-0.1, -0.05) is 59.7 Å². The first-order valence-corrected chi connectivity index (χ1v) is 10.5. The number of hydrogen-bond acceptors (Lipinski definition) is 5. The molecule has 3 aromatic rings. The molecule has 0 spiro atoms. The van der Waals surface area contributed by atoms with Crippen molar-refractivity contribution in [2.45, 2.75) is 17.7 Å². The molecule has 1 fully saturated rings. The molecule has 7 heteroatoms. The number of nitrogens with one attached hydrogen (secondary N) is 1. The Labute approximate surface area is 187 Å². The molecule has 1 saturated heterocycles. The van der Waals surface area contributed by atoms with Crippen LogP contribution in [0.2, 0.25) is 0 Å². The Morgan fingerprint density at radius 3 is 1.84 bits per heavy atom. The predicted octanol–water partition coefficient (Wildman–Crippen LogP) is 4.66. The normalized spacial score (nSPS) is 18.1. The van der Waals surface area contributed by atoms with E-state index in [1.807, 2.05) is 66.7 Å². The van der Waals surface area contributed by atoms with Gasteiger partial charge in [-0.15, -0.1) is 0 Å². The molecule has 0 unspecified atom stereocenters. The molecular formula is C25H26N4O3. The summed E-state index contributed by atoms with van der Waals surface area (Å²) in [4.78, 5) is 3.03. The zero-order valence-corrected chi connectivity index (χ0v) is 18.1. The molecule has 32 heavy (non-hydrogen) atoms. The second-order valence-electron chi connectivity index (χ2n) is 7.59. The SMILES string of the molecule is COc1ccc(C(O[C@H]2CNC[C@H]2N=[N+]=[N-])(c2ccccc2)c2ccc(OC)cc2)cc1. The lowest BCUT2D eigenvalue weighted by Gasteiger charge is -2.39. The van der Waals surface area contributed by atoms with Crippen LogP contribution in [0.3, 0.4) is 0 Å². The third kappa shape index (κ3) is 4.14. The fourth-order valence-electron chi connectivity index (χ4n) is 4.20. The lowest BCUT2D eigenvalue weighted by atomic mass is 9.79. The minimum atomic E-state index is -0.931. The Hall–Kier alpha value is -3.51. The van der Waals surface area contributed by atoms with Crippen molar-refractivity contribution in [3.8, 4) is 11.5 Å².